The predicted molar refractivity (Wildman–Crippen MR) is 119 cm³/mol. The fraction of sp³-hybridized carbons (Fsp3) is 0.150. The van der Waals surface area contributed by atoms with Gasteiger partial charge < -0.3 is 4.74 Å². The number of thiocarbonyl (C=S) groups is 1. The Morgan fingerprint density at radius 3 is 2.53 bits per heavy atom. The molecule has 0 fully saturated rings. The molecule has 6 nitrogen and oxygen atoms in total. The van der Waals surface area contributed by atoms with Gasteiger partial charge in [0.25, 0.3) is 0 Å². The summed E-state index contributed by atoms with van der Waals surface area (Å²) in [6.45, 7) is 0.282. The largest absolute Gasteiger partial charge is 0.492 e. The number of carbonyl (C=O) groups is 2. The maximum absolute atomic E-state index is 12.8. The smallest absolute Gasteiger partial charge is 0.250 e. The SMILES string of the molecule is O=C(/C=C/c1ccc(F)cc1)NC(=S)NNC(=O)CCCOc1ccc(Cl)cc1Cl. The van der Waals surface area contributed by atoms with Crippen molar-refractivity contribution in [1.82, 2.24) is 16.2 Å². The van der Waals surface area contributed by atoms with E-state index in [0.717, 1.165) is 0 Å². The lowest BCUT2D eigenvalue weighted by Crippen LogP contribution is -2.48. The summed E-state index contributed by atoms with van der Waals surface area (Å²) in [5, 5.41) is 3.20. The first kappa shape index (κ1) is 23.6. The van der Waals surface area contributed by atoms with Gasteiger partial charge >= 0.3 is 0 Å². The molecule has 0 heterocycles. The fourth-order valence-electron chi connectivity index (χ4n) is 2.13. The van der Waals surface area contributed by atoms with E-state index in [1.807, 2.05) is 0 Å². The van der Waals surface area contributed by atoms with E-state index in [4.69, 9.17) is 40.2 Å². The van der Waals surface area contributed by atoms with E-state index in [1.54, 1.807) is 18.2 Å². The van der Waals surface area contributed by atoms with Crippen LogP contribution in [0, 0.1) is 5.82 Å². The minimum absolute atomic E-state index is 0.0682. The van der Waals surface area contributed by atoms with Crippen molar-refractivity contribution in [1.29, 1.82) is 0 Å². The molecule has 3 N–H and O–H groups in total. The molecular weight excluding hydrogens is 452 g/mol. The summed E-state index contributed by atoms with van der Waals surface area (Å²) in [4.78, 5) is 23.6. The Morgan fingerprint density at radius 2 is 1.83 bits per heavy atom. The van der Waals surface area contributed by atoms with Crippen LogP contribution in [0.2, 0.25) is 10.0 Å². The zero-order valence-corrected chi connectivity index (χ0v) is 17.9. The molecule has 2 aromatic rings. The average molecular weight is 470 g/mol. The Balaban J connectivity index is 1.62. The van der Waals surface area contributed by atoms with Crippen LogP contribution in [0.4, 0.5) is 4.39 Å². The van der Waals surface area contributed by atoms with Crippen LogP contribution in [0.25, 0.3) is 6.08 Å². The molecule has 0 aliphatic rings. The highest BCUT2D eigenvalue weighted by molar-refractivity contribution is 7.80. The van der Waals surface area contributed by atoms with Crippen molar-refractivity contribution in [3.8, 4) is 5.75 Å². The van der Waals surface area contributed by atoms with Crippen molar-refractivity contribution in [2.24, 2.45) is 0 Å². The number of hydrazine groups is 1. The molecule has 0 aliphatic heterocycles. The molecule has 2 rings (SSSR count). The number of hydrogen-bond acceptors (Lipinski definition) is 4. The van der Waals surface area contributed by atoms with Crippen LogP contribution < -0.4 is 20.9 Å². The first-order chi connectivity index (χ1) is 14.3. The molecule has 0 bridgehead atoms. The van der Waals surface area contributed by atoms with Crippen molar-refractivity contribution >= 4 is 58.4 Å². The third-order valence-electron chi connectivity index (χ3n) is 3.55. The summed E-state index contributed by atoms with van der Waals surface area (Å²) in [5.41, 5.74) is 5.46. The molecule has 0 atom stereocenters. The zero-order valence-electron chi connectivity index (χ0n) is 15.6. The second-order valence-electron chi connectivity index (χ2n) is 5.90. The molecule has 10 heteroatoms. The van der Waals surface area contributed by atoms with Gasteiger partial charge in [0.05, 0.1) is 11.6 Å². The van der Waals surface area contributed by atoms with Gasteiger partial charge in [-0.25, -0.2) is 4.39 Å². The molecule has 158 valence electrons. The molecule has 0 saturated heterocycles. The van der Waals surface area contributed by atoms with Gasteiger partial charge in [-0.05, 0) is 60.6 Å². The fourth-order valence-corrected chi connectivity index (χ4v) is 2.74. The van der Waals surface area contributed by atoms with Crippen molar-refractivity contribution in [2.45, 2.75) is 12.8 Å². The summed E-state index contributed by atoms with van der Waals surface area (Å²) in [6.07, 6.45) is 3.34. The number of nitrogens with one attached hydrogen (secondary N) is 3. The topological polar surface area (TPSA) is 79.5 Å². The van der Waals surface area contributed by atoms with Crippen molar-refractivity contribution in [2.75, 3.05) is 6.61 Å². The van der Waals surface area contributed by atoms with Crippen LogP contribution in [0.3, 0.4) is 0 Å². The van der Waals surface area contributed by atoms with Gasteiger partial charge in [-0.15, -0.1) is 0 Å². The average Bonchev–Trinajstić information content (AvgIpc) is 2.70. The van der Waals surface area contributed by atoms with E-state index in [1.165, 1.54) is 36.4 Å². The number of hydrogen-bond donors (Lipinski definition) is 3. The Bertz CT molecular complexity index is 939. The lowest BCUT2D eigenvalue weighted by Gasteiger charge is -2.10. The van der Waals surface area contributed by atoms with Crippen molar-refractivity contribution in [3.63, 3.8) is 0 Å². The van der Waals surface area contributed by atoms with E-state index in [2.05, 4.69) is 16.2 Å². The summed E-state index contributed by atoms with van der Waals surface area (Å²) in [5.74, 6) is -0.714. The van der Waals surface area contributed by atoms with Gasteiger partial charge in [0, 0.05) is 17.5 Å². The van der Waals surface area contributed by atoms with E-state index in [0.29, 0.717) is 27.8 Å². The molecular formula is C20H18Cl2FN3O3S. The number of rotatable bonds is 7. The Morgan fingerprint density at radius 1 is 1.10 bits per heavy atom. The third kappa shape index (κ3) is 8.77. The van der Waals surface area contributed by atoms with E-state index in [-0.39, 0.29) is 29.9 Å². The van der Waals surface area contributed by atoms with Gasteiger partial charge in [0.2, 0.25) is 11.8 Å². The van der Waals surface area contributed by atoms with Crippen LogP contribution in [0.1, 0.15) is 18.4 Å². The van der Waals surface area contributed by atoms with E-state index in [9.17, 15) is 14.0 Å². The summed E-state index contributed by atoms with van der Waals surface area (Å²) < 4.78 is 18.3. The Hall–Kier alpha value is -2.68. The molecule has 2 aromatic carbocycles. The van der Waals surface area contributed by atoms with Gasteiger partial charge in [-0.2, -0.15) is 0 Å². The molecule has 0 aromatic heterocycles. The van der Waals surface area contributed by atoms with Gasteiger partial charge in [0.1, 0.15) is 11.6 Å². The molecule has 30 heavy (non-hydrogen) atoms. The van der Waals surface area contributed by atoms with Crippen LogP contribution in [-0.2, 0) is 9.59 Å². The highest BCUT2D eigenvalue weighted by Gasteiger charge is 2.06. The molecule has 0 saturated carbocycles. The molecule has 2 amide bonds. The summed E-state index contributed by atoms with van der Waals surface area (Å²) in [7, 11) is 0. The lowest BCUT2D eigenvalue weighted by molar-refractivity contribution is -0.122. The number of amides is 2. The van der Waals surface area contributed by atoms with Gasteiger partial charge in [-0.3, -0.25) is 25.8 Å². The number of ether oxygens (including phenoxy) is 1. The van der Waals surface area contributed by atoms with Crippen LogP contribution in [-0.4, -0.2) is 23.5 Å². The molecule has 0 aliphatic carbocycles. The van der Waals surface area contributed by atoms with E-state index >= 15 is 0 Å². The van der Waals surface area contributed by atoms with Crippen molar-refractivity contribution < 1.29 is 18.7 Å². The standard InChI is InChI=1S/C20H18Cl2FN3O3S/c21-14-6-9-17(16(22)12-14)29-11-1-2-19(28)25-26-20(30)24-18(27)10-5-13-3-7-15(23)8-4-13/h3-10,12H,1-2,11H2,(H,25,28)(H2,24,26,27,30)/b10-5+. The monoisotopic (exact) mass is 469 g/mol. The van der Waals surface area contributed by atoms with Crippen LogP contribution in [0.15, 0.2) is 48.5 Å². The van der Waals surface area contributed by atoms with Gasteiger partial charge in [-0.1, -0.05) is 35.3 Å². The van der Waals surface area contributed by atoms with Crippen molar-refractivity contribution in [3.05, 3.63) is 70.0 Å². The second-order valence-corrected chi connectivity index (χ2v) is 7.16. The lowest BCUT2D eigenvalue weighted by atomic mass is 10.2. The first-order valence-electron chi connectivity index (χ1n) is 8.75. The summed E-state index contributed by atoms with van der Waals surface area (Å²) >= 11 is 16.7. The van der Waals surface area contributed by atoms with Gasteiger partial charge in [0.15, 0.2) is 5.11 Å². The third-order valence-corrected chi connectivity index (χ3v) is 4.28. The maximum atomic E-state index is 12.8. The molecule has 0 spiro atoms. The zero-order chi connectivity index (χ0) is 21.9. The highest BCUT2D eigenvalue weighted by atomic mass is 35.5. The first-order valence-corrected chi connectivity index (χ1v) is 9.91. The molecule has 0 unspecified atom stereocenters. The Kier molecular flexibility index (Phi) is 9.53. The Labute approximate surface area is 188 Å². The minimum Gasteiger partial charge on any atom is -0.492 e. The second kappa shape index (κ2) is 12.1. The predicted octanol–water partition coefficient (Wildman–Crippen LogP) is 4.03. The normalized spacial score (nSPS) is 10.5. The highest BCUT2D eigenvalue weighted by Crippen LogP contribution is 2.27. The maximum Gasteiger partial charge on any atom is 0.250 e. The summed E-state index contributed by atoms with van der Waals surface area (Å²) in [6, 6.07) is 10.5. The molecule has 0 radical (unpaired) electrons. The van der Waals surface area contributed by atoms with E-state index < -0.39 is 5.91 Å². The number of carbonyl (C=O) groups excluding carboxylic acids is 2. The van der Waals surface area contributed by atoms with Crippen LogP contribution >= 0.6 is 35.4 Å². The van der Waals surface area contributed by atoms with Crippen LogP contribution in [0.5, 0.6) is 5.75 Å². The quantitative estimate of drug-likeness (QED) is 0.247. The minimum atomic E-state index is -0.501. The number of benzene rings is 2. The number of halogens is 3.